The van der Waals surface area contributed by atoms with Crippen molar-refractivity contribution in [3.63, 3.8) is 0 Å². The fourth-order valence-corrected chi connectivity index (χ4v) is 0.574. The first-order valence-electron chi connectivity index (χ1n) is 2.73. The molecule has 9 heavy (non-hydrogen) atoms. The van der Waals surface area contributed by atoms with E-state index in [4.69, 9.17) is 11.5 Å². The van der Waals surface area contributed by atoms with Crippen LogP contribution in [0.4, 0.5) is 0 Å². The minimum Gasteiger partial charge on any atom is -0.400 e. The lowest BCUT2D eigenvalue weighted by Crippen LogP contribution is -1.93. The van der Waals surface area contributed by atoms with Crippen molar-refractivity contribution in [3.8, 4) is 0 Å². The average Bonchev–Trinajstić information content (AvgIpc) is 1.97. The van der Waals surface area contributed by atoms with E-state index in [9.17, 15) is 0 Å². The van der Waals surface area contributed by atoms with Gasteiger partial charge in [-0.2, -0.15) is 0 Å². The van der Waals surface area contributed by atoms with Gasteiger partial charge in [0, 0.05) is 11.4 Å². The van der Waals surface area contributed by atoms with Crippen LogP contribution in [0.1, 0.15) is 0 Å². The van der Waals surface area contributed by atoms with Crippen molar-refractivity contribution in [1.29, 1.82) is 0 Å². The number of rotatable bonds is 0. The molecule has 1 aliphatic heterocycles. The lowest BCUT2D eigenvalue weighted by molar-refractivity contribution is 1.40. The van der Waals surface area contributed by atoms with Gasteiger partial charge in [0.2, 0.25) is 0 Å². The number of nitrogens with two attached hydrogens (primary N) is 2. The van der Waals surface area contributed by atoms with E-state index >= 15 is 0 Å². The molecule has 0 fully saturated rings. The molecule has 4 N–H and O–H groups in total. The maximum absolute atomic E-state index is 5.45. The third kappa shape index (κ3) is 1.68. The van der Waals surface area contributed by atoms with Gasteiger partial charge in [-0.15, -0.1) is 0 Å². The monoisotopic (exact) mass is 119 g/mol. The van der Waals surface area contributed by atoms with E-state index < -0.39 is 0 Å². The molecule has 1 radical (unpaired) electrons. The van der Waals surface area contributed by atoms with Crippen LogP contribution < -0.4 is 11.5 Å². The molecule has 0 aliphatic carbocycles. The smallest absolute Gasteiger partial charge is 0.176 e. The normalized spacial score (nSPS) is 17.3. The predicted octanol–water partition coefficient (Wildman–Crippen LogP) is -0.139. The molecule has 2 nitrogen and oxygen atoms in total. The van der Waals surface area contributed by atoms with E-state index in [2.05, 4.69) is 0 Å². The number of hydrogen-bond acceptors (Lipinski definition) is 2. The van der Waals surface area contributed by atoms with E-state index in [1.807, 2.05) is 7.28 Å². The molecule has 0 amide bonds. The van der Waals surface area contributed by atoms with Crippen molar-refractivity contribution in [2.45, 2.75) is 0 Å². The Morgan fingerprint density at radius 3 is 1.89 bits per heavy atom. The fraction of sp³-hybridized carbons (Fsp3) is 0. The Morgan fingerprint density at radius 1 is 1.00 bits per heavy atom. The van der Waals surface area contributed by atoms with E-state index in [0.29, 0.717) is 0 Å². The maximum atomic E-state index is 5.45. The van der Waals surface area contributed by atoms with Crippen LogP contribution in [0.3, 0.4) is 0 Å². The first-order valence-corrected chi connectivity index (χ1v) is 2.73. The molecule has 1 aliphatic rings. The molecule has 0 aromatic carbocycles. The van der Waals surface area contributed by atoms with Gasteiger partial charge in [-0.25, -0.2) is 0 Å². The highest BCUT2D eigenvalue weighted by Gasteiger charge is 1.89. The van der Waals surface area contributed by atoms with Crippen LogP contribution in [0.2, 0.25) is 0 Å². The highest BCUT2D eigenvalue weighted by atomic mass is 14.6. The maximum Gasteiger partial charge on any atom is 0.176 e. The molecular weight excluding hydrogens is 111 g/mol. The molecule has 45 valence electrons. The summed E-state index contributed by atoms with van der Waals surface area (Å²) in [5, 5.41) is 0. The molecule has 0 spiro atoms. The Labute approximate surface area is 55.2 Å². The molecule has 0 saturated heterocycles. The Balaban J connectivity index is 2.75. The molecule has 0 aromatic heterocycles. The summed E-state index contributed by atoms with van der Waals surface area (Å²) in [6.07, 6.45) is 3.55. The molecule has 1 rings (SSSR count). The van der Waals surface area contributed by atoms with E-state index in [1.54, 1.807) is 24.1 Å². The molecule has 0 saturated carbocycles. The van der Waals surface area contributed by atoms with Gasteiger partial charge in [-0.3, -0.25) is 0 Å². The first kappa shape index (κ1) is 6.01. The van der Waals surface area contributed by atoms with Crippen molar-refractivity contribution in [2.75, 3.05) is 0 Å². The van der Waals surface area contributed by atoms with Crippen LogP contribution in [-0.2, 0) is 0 Å². The predicted molar refractivity (Wildman–Crippen MR) is 39.4 cm³/mol. The summed E-state index contributed by atoms with van der Waals surface area (Å²) in [6, 6.07) is 0. The van der Waals surface area contributed by atoms with Crippen LogP contribution in [0.15, 0.2) is 35.5 Å². The number of hydrogen-bond donors (Lipinski definition) is 2. The van der Waals surface area contributed by atoms with Crippen LogP contribution in [0.25, 0.3) is 0 Å². The second-order valence-electron chi connectivity index (χ2n) is 1.86. The second-order valence-corrected chi connectivity index (χ2v) is 1.86. The van der Waals surface area contributed by atoms with Gasteiger partial charge in [-0.1, -0.05) is 12.0 Å². The SMILES string of the molecule is NC1=C[B]C=C(N)C=C1. The third-order valence-corrected chi connectivity index (χ3v) is 1.05. The summed E-state index contributed by atoms with van der Waals surface area (Å²) >= 11 is 0. The summed E-state index contributed by atoms with van der Waals surface area (Å²) in [5.74, 6) is 3.60. The van der Waals surface area contributed by atoms with Crippen LogP contribution in [0, 0.1) is 0 Å². The van der Waals surface area contributed by atoms with Gasteiger partial charge in [-0.05, 0) is 12.2 Å². The minimum atomic E-state index is 0.728. The topological polar surface area (TPSA) is 52.0 Å². The van der Waals surface area contributed by atoms with Gasteiger partial charge in [0.15, 0.2) is 7.28 Å². The van der Waals surface area contributed by atoms with Crippen LogP contribution in [0.5, 0.6) is 0 Å². The Morgan fingerprint density at radius 2 is 1.44 bits per heavy atom. The highest BCUT2D eigenvalue weighted by Crippen LogP contribution is 1.95. The molecule has 0 unspecified atom stereocenters. The van der Waals surface area contributed by atoms with Crippen LogP contribution in [-0.4, -0.2) is 7.28 Å². The van der Waals surface area contributed by atoms with Gasteiger partial charge >= 0.3 is 0 Å². The van der Waals surface area contributed by atoms with Crippen molar-refractivity contribution < 1.29 is 0 Å². The molecule has 0 atom stereocenters. The zero-order valence-corrected chi connectivity index (χ0v) is 5.04. The van der Waals surface area contributed by atoms with Gasteiger partial charge in [0.05, 0.1) is 0 Å². The second kappa shape index (κ2) is 2.44. The van der Waals surface area contributed by atoms with Crippen molar-refractivity contribution >= 4 is 7.28 Å². The van der Waals surface area contributed by atoms with Crippen molar-refractivity contribution in [2.24, 2.45) is 11.5 Å². The van der Waals surface area contributed by atoms with E-state index in [1.165, 1.54) is 0 Å². The van der Waals surface area contributed by atoms with Crippen molar-refractivity contribution in [1.82, 2.24) is 0 Å². The molecule has 0 bridgehead atoms. The summed E-state index contributed by atoms with van der Waals surface area (Å²) in [4.78, 5) is 0. The quantitative estimate of drug-likeness (QED) is 0.436. The number of allylic oxidation sites excluding steroid dienone is 2. The van der Waals surface area contributed by atoms with Crippen molar-refractivity contribution in [3.05, 3.63) is 35.5 Å². The standard InChI is InChI=1S/C6H8BN2/c8-5-1-2-6(9)4-7-3-5/h1-4H,8-9H2. The fourth-order valence-electron chi connectivity index (χ4n) is 0.574. The summed E-state index contributed by atoms with van der Waals surface area (Å²) in [7, 11) is 1.82. The summed E-state index contributed by atoms with van der Waals surface area (Å²) < 4.78 is 0. The summed E-state index contributed by atoms with van der Waals surface area (Å²) in [6.45, 7) is 0. The molecule has 3 heteroatoms. The zero-order chi connectivity index (χ0) is 6.69. The van der Waals surface area contributed by atoms with Gasteiger partial charge < -0.3 is 11.5 Å². The Bertz CT molecular complexity index is 171. The molecular formula is C6H8BN2. The summed E-state index contributed by atoms with van der Waals surface area (Å²) in [5.41, 5.74) is 12.4. The highest BCUT2D eigenvalue weighted by molar-refractivity contribution is 6.48. The largest absolute Gasteiger partial charge is 0.400 e. The minimum absolute atomic E-state index is 0.728. The zero-order valence-electron chi connectivity index (χ0n) is 5.04. The Kier molecular flexibility index (Phi) is 1.63. The molecule has 0 aromatic rings. The lowest BCUT2D eigenvalue weighted by atomic mass is 9.78. The van der Waals surface area contributed by atoms with Gasteiger partial charge in [0.1, 0.15) is 0 Å². The van der Waals surface area contributed by atoms with Crippen LogP contribution >= 0.6 is 0 Å². The third-order valence-electron chi connectivity index (χ3n) is 1.05. The average molecular weight is 119 g/mol. The Hall–Kier alpha value is -1.12. The van der Waals surface area contributed by atoms with Gasteiger partial charge in [0.25, 0.3) is 0 Å². The van der Waals surface area contributed by atoms with E-state index in [0.717, 1.165) is 11.4 Å². The first-order chi connectivity index (χ1) is 4.29. The van der Waals surface area contributed by atoms with E-state index in [-0.39, 0.29) is 0 Å². The lowest BCUT2D eigenvalue weighted by Gasteiger charge is -1.85. The molecule has 1 heterocycles.